The molecular weight excluding hydrogens is 153 g/mol. The molecule has 0 radical (unpaired) electrons. The standard InChI is InChI=1S/C11H17N.Li.H/c1-4-12(5-2)11-8-6-10(3)7-9-11;;/h6-9H,4-5H2,1-3H3;;/q;+1;-1. The second-order valence-corrected chi connectivity index (χ2v) is 3.01. The molecule has 1 nitrogen and oxygen atoms in total. The van der Waals surface area contributed by atoms with E-state index in [1.807, 2.05) is 0 Å². The molecular formula is C11H18LiN. The summed E-state index contributed by atoms with van der Waals surface area (Å²) in [6.07, 6.45) is 0. The molecule has 0 saturated heterocycles. The molecule has 0 bridgehead atoms. The Morgan fingerprint density at radius 3 is 1.92 bits per heavy atom. The maximum Gasteiger partial charge on any atom is 1.00 e. The molecule has 0 spiro atoms. The maximum absolute atomic E-state index is 2.35. The number of anilines is 1. The first-order valence-corrected chi connectivity index (χ1v) is 4.59. The first-order valence-electron chi connectivity index (χ1n) is 4.59. The van der Waals surface area contributed by atoms with E-state index in [-0.39, 0.29) is 20.3 Å². The van der Waals surface area contributed by atoms with Crippen LogP contribution in [0.25, 0.3) is 0 Å². The first kappa shape index (κ1) is 12.6. The van der Waals surface area contributed by atoms with Crippen LogP contribution in [0.1, 0.15) is 20.8 Å². The fourth-order valence-corrected chi connectivity index (χ4v) is 1.34. The molecule has 0 unspecified atom stereocenters. The molecule has 1 aromatic rings. The first-order chi connectivity index (χ1) is 5.77. The summed E-state index contributed by atoms with van der Waals surface area (Å²) in [5.74, 6) is 0. The van der Waals surface area contributed by atoms with Crippen LogP contribution in [0, 0.1) is 6.92 Å². The van der Waals surface area contributed by atoms with Crippen molar-refractivity contribution in [2.45, 2.75) is 20.8 Å². The minimum absolute atomic E-state index is 0. The van der Waals surface area contributed by atoms with Crippen LogP contribution in [0.2, 0.25) is 0 Å². The van der Waals surface area contributed by atoms with Gasteiger partial charge in [-0.2, -0.15) is 0 Å². The Labute approximate surface area is 94.8 Å². The molecule has 0 fully saturated rings. The van der Waals surface area contributed by atoms with Crippen molar-refractivity contribution in [1.29, 1.82) is 0 Å². The predicted octanol–water partition coefficient (Wildman–Crippen LogP) is -0.0423. The van der Waals surface area contributed by atoms with E-state index in [0.29, 0.717) is 0 Å². The van der Waals surface area contributed by atoms with Gasteiger partial charge >= 0.3 is 18.9 Å². The van der Waals surface area contributed by atoms with Crippen molar-refractivity contribution in [2.24, 2.45) is 0 Å². The average Bonchev–Trinajstić information content (AvgIpc) is 2.10. The van der Waals surface area contributed by atoms with Gasteiger partial charge in [0.2, 0.25) is 0 Å². The van der Waals surface area contributed by atoms with Crippen LogP contribution >= 0.6 is 0 Å². The summed E-state index contributed by atoms with van der Waals surface area (Å²) < 4.78 is 0. The molecule has 0 N–H and O–H groups in total. The van der Waals surface area contributed by atoms with Crippen molar-refractivity contribution in [3.63, 3.8) is 0 Å². The van der Waals surface area contributed by atoms with E-state index >= 15 is 0 Å². The molecule has 0 aliphatic heterocycles. The largest absolute Gasteiger partial charge is 1.00 e. The summed E-state index contributed by atoms with van der Waals surface area (Å²) in [6, 6.07) is 8.69. The van der Waals surface area contributed by atoms with E-state index in [9.17, 15) is 0 Å². The molecule has 2 heteroatoms. The van der Waals surface area contributed by atoms with Gasteiger partial charge in [-0.3, -0.25) is 0 Å². The van der Waals surface area contributed by atoms with Crippen molar-refractivity contribution < 1.29 is 20.3 Å². The number of rotatable bonds is 3. The quantitative estimate of drug-likeness (QED) is 0.577. The molecule has 0 saturated carbocycles. The van der Waals surface area contributed by atoms with Gasteiger partial charge < -0.3 is 6.33 Å². The van der Waals surface area contributed by atoms with Gasteiger partial charge in [0.15, 0.2) is 0 Å². The van der Waals surface area contributed by atoms with Crippen molar-refractivity contribution in [3.8, 4) is 0 Å². The predicted molar refractivity (Wildman–Crippen MR) is 55.9 cm³/mol. The van der Waals surface area contributed by atoms with E-state index in [0.717, 1.165) is 13.1 Å². The molecule has 0 amide bonds. The minimum Gasteiger partial charge on any atom is -1.00 e. The topological polar surface area (TPSA) is 3.24 Å². The van der Waals surface area contributed by atoms with Crippen LogP contribution in [0.3, 0.4) is 0 Å². The molecule has 0 heterocycles. The fraction of sp³-hybridized carbons (Fsp3) is 0.455. The monoisotopic (exact) mass is 171 g/mol. The van der Waals surface area contributed by atoms with Gasteiger partial charge in [0.1, 0.15) is 0 Å². The van der Waals surface area contributed by atoms with Crippen LogP contribution in [-0.2, 0) is 0 Å². The molecule has 0 aliphatic rings. The van der Waals surface area contributed by atoms with E-state index in [1.165, 1.54) is 11.3 Å². The Bertz CT molecular complexity index is 232. The van der Waals surface area contributed by atoms with Crippen LogP contribution in [-0.4, -0.2) is 13.1 Å². The van der Waals surface area contributed by atoms with Gasteiger partial charge in [-0.05, 0) is 32.9 Å². The Kier molecular flexibility index (Phi) is 5.95. The van der Waals surface area contributed by atoms with Gasteiger partial charge in [-0.25, -0.2) is 0 Å². The average molecular weight is 171 g/mol. The zero-order valence-electron chi connectivity index (χ0n) is 10.2. The smallest absolute Gasteiger partial charge is 1.00 e. The Balaban J connectivity index is 0. The number of hydrogen-bond acceptors (Lipinski definition) is 1. The van der Waals surface area contributed by atoms with E-state index in [1.54, 1.807) is 0 Å². The summed E-state index contributed by atoms with van der Waals surface area (Å²) >= 11 is 0. The molecule has 68 valence electrons. The number of aryl methyl sites for hydroxylation is 1. The van der Waals surface area contributed by atoms with Crippen molar-refractivity contribution in [3.05, 3.63) is 29.8 Å². The second kappa shape index (κ2) is 6.13. The normalized spacial score (nSPS) is 9.15. The van der Waals surface area contributed by atoms with Gasteiger partial charge in [0.05, 0.1) is 0 Å². The Morgan fingerprint density at radius 1 is 1.08 bits per heavy atom. The molecule has 13 heavy (non-hydrogen) atoms. The van der Waals surface area contributed by atoms with E-state index in [2.05, 4.69) is 49.9 Å². The fourth-order valence-electron chi connectivity index (χ4n) is 1.34. The summed E-state index contributed by atoms with van der Waals surface area (Å²) in [4.78, 5) is 2.35. The van der Waals surface area contributed by atoms with Crippen molar-refractivity contribution in [1.82, 2.24) is 0 Å². The minimum atomic E-state index is 0. The third kappa shape index (κ3) is 3.46. The van der Waals surface area contributed by atoms with Crippen LogP contribution in [0.5, 0.6) is 0 Å². The maximum atomic E-state index is 2.35. The Hall–Kier alpha value is -0.383. The molecule has 0 aliphatic carbocycles. The number of nitrogens with zero attached hydrogens (tertiary/aromatic N) is 1. The van der Waals surface area contributed by atoms with E-state index in [4.69, 9.17) is 0 Å². The van der Waals surface area contributed by atoms with Crippen molar-refractivity contribution in [2.75, 3.05) is 18.0 Å². The summed E-state index contributed by atoms with van der Waals surface area (Å²) in [5, 5.41) is 0. The SMILES string of the molecule is CCN(CC)c1ccc(C)cc1.[H-].[Li+]. The van der Waals surface area contributed by atoms with Crippen molar-refractivity contribution >= 4 is 5.69 Å². The third-order valence-corrected chi connectivity index (χ3v) is 2.16. The van der Waals surface area contributed by atoms with Crippen LogP contribution in [0.15, 0.2) is 24.3 Å². The second-order valence-electron chi connectivity index (χ2n) is 3.01. The van der Waals surface area contributed by atoms with Crippen LogP contribution in [0.4, 0.5) is 5.69 Å². The zero-order valence-corrected chi connectivity index (χ0v) is 9.17. The Morgan fingerprint density at radius 2 is 1.54 bits per heavy atom. The summed E-state index contributed by atoms with van der Waals surface area (Å²) in [5.41, 5.74) is 2.65. The molecule has 0 atom stereocenters. The van der Waals surface area contributed by atoms with Gasteiger partial charge in [-0.15, -0.1) is 0 Å². The molecule has 1 aromatic carbocycles. The van der Waals surface area contributed by atoms with Gasteiger partial charge in [0, 0.05) is 18.8 Å². The molecule has 0 aromatic heterocycles. The van der Waals surface area contributed by atoms with Gasteiger partial charge in [-0.1, -0.05) is 17.7 Å². The van der Waals surface area contributed by atoms with Gasteiger partial charge in [0.25, 0.3) is 0 Å². The molecule has 1 rings (SSSR count). The van der Waals surface area contributed by atoms with E-state index < -0.39 is 0 Å². The summed E-state index contributed by atoms with van der Waals surface area (Å²) in [7, 11) is 0. The third-order valence-electron chi connectivity index (χ3n) is 2.16. The summed E-state index contributed by atoms with van der Waals surface area (Å²) in [6.45, 7) is 8.65. The van der Waals surface area contributed by atoms with Crippen LogP contribution < -0.4 is 23.8 Å². The number of hydrogen-bond donors (Lipinski definition) is 0. The number of benzene rings is 1. The zero-order chi connectivity index (χ0) is 8.97.